The quantitative estimate of drug-likeness (QED) is 0.763. The Morgan fingerprint density at radius 2 is 1.94 bits per heavy atom. The first kappa shape index (κ1) is 12.3. The summed E-state index contributed by atoms with van der Waals surface area (Å²) in [7, 11) is 0. The van der Waals surface area contributed by atoms with Gasteiger partial charge in [-0.05, 0) is 24.6 Å². The van der Waals surface area contributed by atoms with Crippen LogP contribution in [0.3, 0.4) is 0 Å². The molecule has 1 aromatic carbocycles. The number of carbonyl (C=O) groups is 1. The van der Waals surface area contributed by atoms with E-state index in [2.05, 4.69) is 5.32 Å². The van der Waals surface area contributed by atoms with Gasteiger partial charge in [0.2, 0.25) is 0 Å². The number of para-hydroxylation sites is 1. The summed E-state index contributed by atoms with van der Waals surface area (Å²) >= 11 is 0. The first-order valence-corrected chi connectivity index (χ1v) is 5.49. The van der Waals surface area contributed by atoms with Gasteiger partial charge in [0.05, 0.1) is 11.6 Å². The smallest absolute Gasteiger partial charge is 0.333 e. The molecular weight excluding hydrogens is 202 g/mol. The summed E-state index contributed by atoms with van der Waals surface area (Å²) < 4.78 is 0. The third-order valence-electron chi connectivity index (χ3n) is 2.36. The van der Waals surface area contributed by atoms with E-state index in [1.165, 1.54) is 0 Å². The van der Waals surface area contributed by atoms with Crippen LogP contribution in [-0.4, -0.2) is 17.1 Å². The van der Waals surface area contributed by atoms with Gasteiger partial charge in [-0.2, -0.15) is 0 Å². The third kappa shape index (κ3) is 2.42. The second-order valence-electron chi connectivity index (χ2n) is 3.36. The second-order valence-corrected chi connectivity index (χ2v) is 3.36. The fourth-order valence-corrected chi connectivity index (χ4v) is 1.60. The number of benzene rings is 1. The van der Waals surface area contributed by atoms with E-state index in [1.54, 1.807) is 6.08 Å². The van der Waals surface area contributed by atoms with Crippen LogP contribution in [0.5, 0.6) is 0 Å². The number of anilines is 1. The van der Waals surface area contributed by atoms with Crippen LogP contribution in [-0.2, 0) is 4.79 Å². The monoisotopic (exact) mass is 219 g/mol. The molecule has 1 aliphatic rings. The summed E-state index contributed by atoms with van der Waals surface area (Å²) in [5.74, 6) is -0.862. The minimum Gasteiger partial charge on any atom is -0.478 e. The zero-order valence-electron chi connectivity index (χ0n) is 9.82. The van der Waals surface area contributed by atoms with Gasteiger partial charge in [0.25, 0.3) is 0 Å². The van der Waals surface area contributed by atoms with Crippen LogP contribution in [0.4, 0.5) is 5.69 Å². The van der Waals surface area contributed by atoms with Gasteiger partial charge in [-0.3, -0.25) is 0 Å². The molecule has 0 bridgehead atoms. The molecule has 0 aliphatic carbocycles. The largest absolute Gasteiger partial charge is 0.478 e. The minimum absolute atomic E-state index is 0.137. The molecule has 1 unspecified atom stereocenters. The fraction of sp³-hybridized carbons (Fsp3) is 0.308. The Hall–Kier alpha value is -1.77. The van der Waals surface area contributed by atoms with Crippen molar-refractivity contribution < 1.29 is 9.90 Å². The lowest BCUT2D eigenvalue weighted by molar-refractivity contribution is -0.132. The molecule has 3 nitrogen and oxygen atoms in total. The normalized spacial score (nSPS) is 17.2. The predicted octanol–water partition coefficient (Wildman–Crippen LogP) is 2.99. The van der Waals surface area contributed by atoms with E-state index in [0.717, 1.165) is 11.3 Å². The summed E-state index contributed by atoms with van der Waals surface area (Å²) in [6.07, 6.45) is 1.72. The van der Waals surface area contributed by atoms with Crippen molar-refractivity contribution in [2.24, 2.45) is 0 Å². The van der Waals surface area contributed by atoms with E-state index in [9.17, 15) is 4.79 Å². The minimum atomic E-state index is -0.862. The Morgan fingerprint density at radius 3 is 2.56 bits per heavy atom. The topological polar surface area (TPSA) is 49.3 Å². The first-order valence-electron chi connectivity index (χ1n) is 5.49. The van der Waals surface area contributed by atoms with Gasteiger partial charge in [0.15, 0.2) is 0 Å². The van der Waals surface area contributed by atoms with Crippen molar-refractivity contribution in [3.8, 4) is 0 Å². The average molecular weight is 219 g/mol. The Bertz CT molecular complexity index is 410. The molecule has 1 heterocycles. The van der Waals surface area contributed by atoms with E-state index >= 15 is 0 Å². The van der Waals surface area contributed by atoms with E-state index in [1.807, 2.05) is 45.0 Å². The van der Waals surface area contributed by atoms with Gasteiger partial charge in [-0.25, -0.2) is 4.79 Å². The van der Waals surface area contributed by atoms with E-state index in [0.29, 0.717) is 5.57 Å². The number of nitrogens with one attached hydrogen (secondary N) is 1. The van der Waals surface area contributed by atoms with Gasteiger partial charge < -0.3 is 10.4 Å². The third-order valence-corrected chi connectivity index (χ3v) is 2.36. The van der Waals surface area contributed by atoms with Gasteiger partial charge >= 0.3 is 5.97 Å². The SMILES string of the molecule is CC.CC1Nc2ccccc2C=C1C(=O)O. The van der Waals surface area contributed by atoms with Crippen LogP contribution in [0.25, 0.3) is 6.08 Å². The lowest BCUT2D eigenvalue weighted by Gasteiger charge is -2.22. The average Bonchev–Trinajstić information content (AvgIpc) is 2.30. The molecule has 0 amide bonds. The van der Waals surface area contributed by atoms with E-state index < -0.39 is 5.97 Å². The number of rotatable bonds is 1. The maximum absolute atomic E-state index is 10.9. The summed E-state index contributed by atoms with van der Waals surface area (Å²) in [6.45, 7) is 5.84. The molecule has 0 fully saturated rings. The van der Waals surface area contributed by atoms with Crippen molar-refractivity contribution in [2.45, 2.75) is 26.8 Å². The molecule has 0 spiro atoms. The number of carboxylic acids is 1. The molecule has 0 saturated heterocycles. The Kier molecular flexibility index (Phi) is 4.11. The zero-order chi connectivity index (χ0) is 12.1. The number of hydrogen-bond donors (Lipinski definition) is 2. The highest BCUT2D eigenvalue weighted by Crippen LogP contribution is 2.26. The molecule has 0 saturated carbocycles. The molecule has 1 aromatic rings. The van der Waals surface area contributed by atoms with Crippen LogP contribution in [0.15, 0.2) is 29.8 Å². The van der Waals surface area contributed by atoms with Crippen LogP contribution in [0, 0.1) is 0 Å². The van der Waals surface area contributed by atoms with E-state index in [-0.39, 0.29) is 6.04 Å². The number of fused-ring (bicyclic) bond motifs is 1. The van der Waals surface area contributed by atoms with Crippen LogP contribution >= 0.6 is 0 Å². The predicted molar refractivity (Wildman–Crippen MR) is 66.5 cm³/mol. The van der Waals surface area contributed by atoms with Gasteiger partial charge in [-0.1, -0.05) is 32.0 Å². The molecule has 0 aromatic heterocycles. The summed E-state index contributed by atoms with van der Waals surface area (Å²) in [6, 6.07) is 7.53. The highest BCUT2D eigenvalue weighted by molar-refractivity contribution is 5.97. The van der Waals surface area contributed by atoms with Crippen molar-refractivity contribution in [3.05, 3.63) is 35.4 Å². The van der Waals surface area contributed by atoms with Gasteiger partial charge in [0.1, 0.15) is 0 Å². The van der Waals surface area contributed by atoms with Crippen molar-refractivity contribution in [3.63, 3.8) is 0 Å². The van der Waals surface area contributed by atoms with Crippen molar-refractivity contribution in [1.82, 2.24) is 0 Å². The molecular formula is C13H17NO2. The molecule has 86 valence electrons. The maximum Gasteiger partial charge on any atom is 0.333 e. The Labute approximate surface area is 95.8 Å². The van der Waals surface area contributed by atoms with Crippen LogP contribution < -0.4 is 5.32 Å². The number of carboxylic acid groups (broad SMARTS) is 1. The fourth-order valence-electron chi connectivity index (χ4n) is 1.60. The molecule has 1 aliphatic heterocycles. The molecule has 16 heavy (non-hydrogen) atoms. The van der Waals surface area contributed by atoms with Crippen LogP contribution in [0.1, 0.15) is 26.3 Å². The maximum atomic E-state index is 10.9. The molecule has 0 radical (unpaired) electrons. The Morgan fingerprint density at radius 1 is 1.31 bits per heavy atom. The molecule has 1 atom stereocenters. The standard InChI is InChI=1S/C11H11NO2.C2H6/c1-7-9(11(13)14)6-8-4-2-3-5-10(8)12-7;1-2/h2-7,12H,1H3,(H,13,14);1-2H3. The second kappa shape index (κ2) is 5.35. The Balaban J connectivity index is 0.000000606. The highest BCUT2D eigenvalue weighted by Gasteiger charge is 2.20. The lowest BCUT2D eigenvalue weighted by atomic mass is 9.99. The summed E-state index contributed by atoms with van der Waals surface area (Å²) in [5, 5.41) is 12.1. The summed E-state index contributed by atoms with van der Waals surface area (Å²) in [4.78, 5) is 10.9. The summed E-state index contributed by atoms with van der Waals surface area (Å²) in [5.41, 5.74) is 2.33. The molecule has 2 rings (SSSR count). The molecule has 2 N–H and O–H groups in total. The van der Waals surface area contributed by atoms with Gasteiger partial charge in [-0.15, -0.1) is 0 Å². The highest BCUT2D eigenvalue weighted by atomic mass is 16.4. The van der Waals surface area contributed by atoms with Crippen LogP contribution in [0.2, 0.25) is 0 Å². The first-order chi connectivity index (χ1) is 7.68. The van der Waals surface area contributed by atoms with Crippen molar-refractivity contribution in [1.29, 1.82) is 0 Å². The van der Waals surface area contributed by atoms with Gasteiger partial charge in [0, 0.05) is 5.69 Å². The molecule has 3 heteroatoms. The number of aliphatic carboxylic acids is 1. The lowest BCUT2D eigenvalue weighted by Crippen LogP contribution is -2.26. The number of hydrogen-bond acceptors (Lipinski definition) is 2. The van der Waals surface area contributed by atoms with Crippen molar-refractivity contribution in [2.75, 3.05) is 5.32 Å². The zero-order valence-corrected chi connectivity index (χ0v) is 9.82. The van der Waals surface area contributed by atoms with E-state index in [4.69, 9.17) is 5.11 Å². The van der Waals surface area contributed by atoms with Crippen molar-refractivity contribution >= 4 is 17.7 Å².